The van der Waals surface area contributed by atoms with Crippen molar-refractivity contribution in [1.82, 2.24) is 5.32 Å². The molecule has 0 amide bonds. The molecule has 0 aromatic carbocycles. The van der Waals surface area contributed by atoms with E-state index in [1.165, 1.54) is 0 Å². The molecule has 11 heavy (non-hydrogen) atoms. The van der Waals surface area contributed by atoms with E-state index in [-0.39, 0.29) is 5.60 Å². The monoisotopic (exact) mass is 159 g/mol. The Morgan fingerprint density at radius 1 is 1.36 bits per heavy atom. The molecule has 0 heterocycles. The van der Waals surface area contributed by atoms with Crippen molar-refractivity contribution in [2.75, 3.05) is 13.8 Å². The van der Waals surface area contributed by atoms with E-state index in [0.717, 1.165) is 6.42 Å². The van der Waals surface area contributed by atoms with Gasteiger partial charge in [-0.25, -0.2) is 0 Å². The third-order valence-corrected chi connectivity index (χ3v) is 1.51. The van der Waals surface area contributed by atoms with Crippen LogP contribution in [0.15, 0.2) is 0 Å². The molecule has 0 unspecified atom stereocenters. The maximum absolute atomic E-state index is 5.58. The van der Waals surface area contributed by atoms with Crippen molar-refractivity contribution in [1.29, 1.82) is 0 Å². The summed E-state index contributed by atoms with van der Waals surface area (Å²) in [5.41, 5.74) is 0.0111. The van der Waals surface area contributed by atoms with E-state index >= 15 is 0 Å². The van der Waals surface area contributed by atoms with Crippen molar-refractivity contribution in [2.45, 2.75) is 39.7 Å². The molecule has 68 valence electrons. The molecule has 0 saturated carbocycles. The molecular weight excluding hydrogens is 138 g/mol. The van der Waals surface area contributed by atoms with Crippen molar-refractivity contribution in [3.63, 3.8) is 0 Å². The summed E-state index contributed by atoms with van der Waals surface area (Å²) in [4.78, 5) is 0. The first kappa shape index (κ1) is 10.9. The Bertz CT molecular complexity index is 99.7. The topological polar surface area (TPSA) is 21.3 Å². The predicted octanol–water partition coefficient (Wildman–Crippen LogP) is 2.00. The predicted molar refractivity (Wildman–Crippen MR) is 48.5 cm³/mol. The summed E-state index contributed by atoms with van der Waals surface area (Å²) in [5, 5.41) is 2.97. The maximum Gasteiger partial charge on any atom is 0.0970 e. The van der Waals surface area contributed by atoms with Gasteiger partial charge in [0.05, 0.1) is 12.3 Å². The van der Waals surface area contributed by atoms with Crippen LogP contribution in [0.1, 0.15) is 34.1 Å². The van der Waals surface area contributed by atoms with E-state index in [1.54, 1.807) is 0 Å². The Morgan fingerprint density at radius 3 is 2.27 bits per heavy atom. The van der Waals surface area contributed by atoms with Crippen LogP contribution in [0.25, 0.3) is 0 Å². The first-order chi connectivity index (χ1) is 4.98. The second-order valence-corrected chi connectivity index (χ2v) is 4.00. The second-order valence-electron chi connectivity index (χ2n) is 4.00. The highest BCUT2D eigenvalue weighted by Crippen LogP contribution is 2.19. The van der Waals surface area contributed by atoms with Gasteiger partial charge in [-0.15, -0.1) is 0 Å². The molecule has 2 heteroatoms. The number of ether oxygens (including phenoxy) is 1. The average molecular weight is 159 g/mol. The Hall–Kier alpha value is -0.0800. The fraction of sp³-hybridized carbons (Fsp3) is 1.00. The molecule has 0 spiro atoms. The van der Waals surface area contributed by atoms with E-state index in [2.05, 4.69) is 33.0 Å². The summed E-state index contributed by atoms with van der Waals surface area (Å²) in [6.45, 7) is 9.32. The van der Waals surface area contributed by atoms with Crippen LogP contribution in [-0.4, -0.2) is 19.4 Å². The summed E-state index contributed by atoms with van der Waals surface area (Å²) < 4.78 is 5.58. The first-order valence-electron chi connectivity index (χ1n) is 4.26. The number of hydrogen-bond donors (Lipinski definition) is 1. The van der Waals surface area contributed by atoms with Crippen LogP contribution in [0.3, 0.4) is 0 Å². The van der Waals surface area contributed by atoms with Crippen molar-refractivity contribution in [3.8, 4) is 0 Å². The average Bonchev–Trinajstić information content (AvgIpc) is 1.81. The maximum atomic E-state index is 5.58. The van der Waals surface area contributed by atoms with Crippen molar-refractivity contribution in [3.05, 3.63) is 0 Å². The highest BCUT2D eigenvalue weighted by molar-refractivity contribution is 4.69. The molecule has 0 saturated heterocycles. The van der Waals surface area contributed by atoms with Gasteiger partial charge in [0.15, 0.2) is 0 Å². The van der Waals surface area contributed by atoms with E-state index in [4.69, 9.17) is 4.74 Å². The van der Waals surface area contributed by atoms with Gasteiger partial charge in [-0.1, -0.05) is 13.8 Å². The highest BCUT2D eigenvalue weighted by Gasteiger charge is 2.18. The zero-order valence-electron chi connectivity index (χ0n) is 8.40. The third-order valence-electron chi connectivity index (χ3n) is 1.51. The van der Waals surface area contributed by atoms with E-state index in [0.29, 0.717) is 12.6 Å². The lowest BCUT2D eigenvalue weighted by atomic mass is 9.96. The van der Waals surface area contributed by atoms with Crippen LogP contribution < -0.4 is 5.32 Å². The van der Waals surface area contributed by atoms with Crippen molar-refractivity contribution < 1.29 is 4.74 Å². The van der Waals surface area contributed by atoms with Crippen LogP contribution in [-0.2, 0) is 4.74 Å². The van der Waals surface area contributed by atoms with Crippen LogP contribution in [0.2, 0.25) is 0 Å². The van der Waals surface area contributed by atoms with Crippen LogP contribution >= 0.6 is 0 Å². The van der Waals surface area contributed by atoms with Gasteiger partial charge in [0, 0.05) is 0 Å². The minimum atomic E-state index is 0.0111. The number of hydrogen-bond acceptors (Lipinski definition) is 2. The molecule has 0 aromatic rings. The zero-order valence-corrected chi connectivity index (χ0v) is 8.40. The fourth-order valence-corrected chi connectivity index (χ4v) is 1.31. The quantitative estimate of drug-likeness (QED) is 0.619. The molecular formula is C9H21NO. The summed E-state index contributed by atoms with van der Waals surface area (Å²) in [6.07, 6.45) is 1.11. The summed E-state index contributed by atoms with van der Waals surface area (Å²) >= 11 is 0. The molecule has 2 nitrogen and oxygen atoms in total. The molecule has 0 fully saturated rings. The summed E-state index contributed by atoms with van der Waals surface area (Å²) in [6, 6.07) is 0. The van der Waals surface area contributed by atoms with E-state index < -0.39 is 0 Å². The minimum absolute atomic E-state index is 0.0111. The Balaban J connectivity index is 3.61. The molecule has 0 aliphatic carbocycles. The van der Waals surface area contributed by atoms with Gasteiger partial charge in [-0.3, -0.25) is 5.32 Å². The van der Waals surface area contributed by atoms with E-state index in [1.807, 2.05) is 7.05 Å². The van der Waals surface area contributed by atoms with Gasteiger partial charge in [-0.2, -0.15) is 0 Å². The van der Waals surface area contributed by atoms with Gasteiger partial charge in [0.25, 0.3) is 0 Å². The molecule has 1 N–H and O–H groups in total. The highest BCUT2D eigenvalue weighted by atomic mass is 16.5. The zero-order chi connectivity index (χ0) is 8.91. The van der Waals surface area contributed by atoms with Gasteiger partial charge < -0.3 is 4.74 Å². The number of rotatable bonds is 5. The van der Waals surface area contributed by atoms with Gasteiger partial charge in [0.2, 0.25) is 0 Å². The lowest BCUT2D eigenvalue weighted by Crippen LogP contribution is -2.30. The lowest BCUT2D eigenvalue weighted by Gasteiger charge is -2.26. The van der Waals surface area contributed by atoms with Gasteiger partial charge in [-0.05, 0) is 33.2 Å². The largest absolute Gasteiger partial charge is 0.360 e. The van der Waals surface area contributed by atoms with E-state index in [9.17, 15) is 0 Å². The van der Waals surface area contributed by atoms with Crippen LogP contribution in [0, 0.1) is 5.92 Å². The molecule has 0 aliphatic rings. The second kappa shape index (κ2) is 4.73. The SMILES string of the molecule is CNCOC(C)(C)CC(C)C. The molecule has 0 rings (SSSR count). The van der Waals surface area contributed by atoms with Crippen molar-refractivity contribution >= 4 is 0 Å². The first-order valence-corrected chi connectivity index (χ1v) is 4.26. The van der Waals surface area contributed by atoms with Gasteiger partial charge >= 0.3 is 0 Å². The molecule has 0 bridgehead atoms. The summed E-state index contributed by atoms with van der Waals surface area (Å²) in [7, 11) is 1.89. The minimum Gasteiger partial charge on any atom is -0.360 e. The molecule has 0 atom stereocenters. The molecule has 0 radical (unpaired) electrons. The fourth-order valence-electron chi connectivity index (χ4n) is 1.31. The lowest BCUT2D eigenvalue weighted by molar-refractivity contribution is -0.0378. The summed E-state index contributed by atoms with van der Waals surface area (Å²) in [5.74, 6) is 0.696. The normalized spacial score (nSPS) is 12.5. The molecule has 0 aromatic heterocycles. The van der Waals surface area contributed by atoms with Crippen LogP contribution in [0.5, 0.6) is 0 Å². The van der Waals surface area contributed by atoms with Gasteiger partial charge in [0.1, 0.15) is 0 Å². The van der Waals surface area contributed by atoms with Crippen molar-refractivity contribution in [2.24, 2.45) is 5.92 Å². The standard InChI is InChI=1S/C9H21NO/c1-8(2)6-9(3,4)11-7-10-5/h8,10H,6-7H2,1-5H3. The smallest absolute Gasteiger partial charge is 0.0970 e. The van der Waals surface area contributed by atoms with Crippen LogP contribution in [0.4, 0.5) is 0 Å². The third kappa shape index (κ3) is 6.32. The number of nitrogens with one attached hydrogen (secondary N) is 1. The Labute approximate surface area is 70.3 Å². The Kier molecular flexibility index (Phi) is 4.69. The molecule has 0 aliphatic heterocycles. The Morgan fingerprint density at radius 2 is 1.91 bits per heavy atom.